The lowest BCUT2D eigenvalue weighted by Crippen LogP contribution is -2.43. The molecule has 0 bridgehead atoms. The summed E-state index contributed by atoms with van der Waals surface area (Å²) >= 11 is 0. The van der Waals surface area contributed by atoms with Crippen molar-refractivity contribution in [1.29, 1.82) is 0 Å². The summed E-state index contributed by atoms with van der Waals surface area (Å²) in [7, 11) is -3.24. The van der Waals surface area contributed by atoms with Crippen molar-refractivity contribution in [2.45, 2.75) is 59.0 Å². The monoisotopic (exact) mass is 419 g/mol. The van der Waals surface area contributed by atoms with E-state index in [9.17, 15) is 13.2 Å². The van der Waals surface area contributed by atoms with E-state index >= 15 is 0 Å². The van der Waals surface area contributed by atoms with Gasteiger partial charge in [0.1, 0.15) is 0 Å². The molecule has 2 aromatic rings. The van der Waals surface area contributed by atoms with E-state index in [4.69, 9.17) is 0 Å². The molecule has 158 valence electrons. The van der Waals surface area contributed by atoms with Gasteiger partial charge in [-0.2, -0.15) is 4.31 Å². The Hall–Kier alpha value is -2.26. The molecule has 29 heavy (non-hydrogen) atoms. The van der Waals surface area contributed by atoms with E-state index in [0.717, 1.165) is 29.7 Å². The molecule has 3 rings (SSSR count). The van der Waals surface area contributed by atoms with Gasteiger partial charge in [-0.1, -0.05) is 30.7 Å². The molecule has 0 spiro atoms. The molecular weight excluding hydrogens is 390 g/mol. The minimum atomic E-state index is -3.24. The van der Waals surface area contributed by atoms with Gasteiger partial charge in [-0.3, -0.25) is 4.79 Å². The fraction of sp³-hybridized carbons (Fsp3) is 0.550. The summed E-state index contributed by atoms with van der Waals surface area (Å²) in [5.74, 6) is -0.236. The first kappa shape index (κ1) is 21.4. The highest BCUT2D eigenvalue weighted by Gasteiger charge is 2.28. The maximum atomic E-state index is 12.7. The average Bonchev–Trinajstić information content (AvgIpc) is 3.01. The molecule has 2 heterocycles. The van der Waals surface area contributed by atoms with Crippen molar-refractivity contribution in [2.24, 2.45) is 0 Å². The highest BCUT2D eigenvalue weighted by Crippen LogP contribution is 2.27. The number of rotatable bonds is 6. The summed E-state index contributed by atoms with van der Waals surface area (Å²) < 4.78 is 26.9. The van der Waals surface area contributed by atoms with Crippen molar-refractivity contribution in [1.82, 2.24) is 24.6 Å². The number of fused-ring (bicyclic) bond motifs is 1. The van der Waals surface area contributed by atoms with Gasteiger partial charge in [-0.15, -0.1) is 5.10 Å². The van der Waals surface area contributed by atoms with Crippen molar-refractivity contribution >= 4 is 15.9 Å². The third-order valence-electron chi connectivity index (χ3n) is 5.34. The number of carbonyl (C=O) groups is 1. The summed E-state index contributed by atoms with van der Waals surface area (Å²) in [5.41, 5.74) is 3.48. The maximum Gasteiger partial charge on any atom is 0.274 e. The Kier molecular flexibility index (Phi) is 5.82. The Bertz CT molecular complexity index is 1030. The highest BCUT2D eigenvalue weighted by atomic mass is 32.2. The summed E-state index contributed by atoms with van der Waals surface area (Å²) in [5, 5.41) is 11.4. The smallest absolute Gasteiger partial charge is 0.274 e. The minimum Gasteiger partial charge on any atom is -0.346 e. The van der Waals surface area contributed by atoms with Crippen LogP contribution in [0.25, 0.3) is 5.69 Å². The Labute approximate surface area is 172 Å². The first-order valence-electron chi connectivity index (χ1n) is 9.84. The molecule has 1 N–H and O–H groups in total. The molecule has 0 saturated heterocycles. The van der Waals surface area contributed by atoms with E-state index in [-0.39, 0.29) is 11.4 Å². The van der Waals surface area contributed by atoms with Crippen LogP contribution >= 0.6 is 0 Å². The molecule has 0 radical (unpaired) electrons. The van der Waals surface area contributed by atoms with Gasteiger partial charge in [0.15, 0.2) is 5.69 Å². The number of sulfonamides is 1. The number of nitrogens with zero attached hydrogens (tertiary/aromatic N) is 4. The molecule has 1 amide bonds. The van der Waals surface area contributed by atoms with Gasteiger partial charge in [0.2, 0.25) is 10.0 Å². The predicted octanol–water partition coefficient (Wildman–Crippen LogP) is 2.20. The Morgan fingerprint density at radius 3 is 2.69 bits per heavy atom. The largest absolute Gasteiger partial charge is 0.346 e. The first-order valence-corrected chi connectivity index (χ1v) is 11.7. The molecule has 1 aromatic heterocycles. The van der Waals surface area contributed by atoms with Crippen molar-refractivity contribution in [3.8, 4) is 5.69 Å². The van der Waals surface area contributed by atoms with E-state index in [1.54, 1.807) is 4.68 Å². The minimum absolute atomic E-state index is 0.236. The second kappa shape index (κ2) is 7.87. The summed E-state index contributed by atoms with van der Waals surface area (Å²) in [6, 6.07) is 5.74. The van der Waals surface area contributed by atoms with Gasteiger partial charge in [-0.05, 0) is 50.8 Å². The summed E-state index contributed by atoms with van der Waals surface area (Å²) in [4.78, 5) is 12.7. The van der Waals surface area contributed by atoms with Crippen LogP contribution < -0.4 is 5.32 Å². The predicted molar refractivity (Wildman–Crippen MR) is 112 cm³/mol. The van der Waals surface area contributed by atoms with Crippen LogP contribution in [0.5, 0.6) is 0 Å². The first-order chi connectivity index (χ1) is 13.5. The molecule has 0 unspecified atom stereocenters. The third-order valence-corrected chi connectivity index (χ3v) is 6.59. The molecule has 0 fully saturated rings. The second-order valence-corrected chi connectivity index (χ2v) is 10.3. The molecule has 0 saturated carbocycles. The van der Waals surface area contributed by atoms with Crippen LogP contribution in [0.1, 0.15) is 60.9 Å². The average molecular weight is 420 g/mol. The lowest BCUT2D eigenvalue weighted by molar-refractivity contribution is 0.0903. The molecule has 0 aliphatic carbocycles. The zero-order valence-electron chi connectivity index (χ0n) is 17.7. The van der Waals surface area contributed by atoms with Crippen LogP contribution in [-0.2, 0) is 23.0 Å². The highest BCUT2D eigenvalue weighted by molar-refractivity contribution is 7.88. The number of aromatic nitrogens is 3. The van der Waals surface area contributed by atoms with Crippen LogP contribution in [0.3, 0.4) is 0 Å². The van der Waals surface area contributed by atoms with Crippen LogP contribution in [0.4, 0.5) is 0 Å². The maximum absolute atomic E-state index is 12.7. The van der Waals surface area contributed by atoms with Gasteiger partial charge >= 0.3 is 0 Å². The Morgan fingerprint density at radius 1 is 1.31 bits per heavy atom. The molecule has 1 aliphatic heterocycles. The molecule has 1 aromatic carbocycles. The van der Waals surface area contributed by atoms with Crippen molar-refractivity contribution in [2.75, 3.05) is 12.8 Å². The fourth-order valence-electron chi connectivity index (χ4n) is 3.87. The van der Waals surface area contributed by atoms with Crippen molar-refractivity contribution < 1.29 is 13.2 Å². The van der Waals surface area contributed by atoms with E-state index < -0.39 is 10.0 Å². The number of hydrogen-bond donors (Lipinski definition) is 1. The number of benzene rings is 1. The molecule has 8 nitrogen and oxygen atoms in total. The van der Waals surface area contributed by atoms with Crippen LogP contribution in [0, 0.1) is 6.92 Å². The van der Waals surface area contributed by atoms with Crippen molar-refractivity contribution in [3.05, 3.63) is 40.7 Å². The number of hydrogen-bond acceptors (Lipinski definition) is 5. The lowest BCUT2D eigenvalue weighted by Gasteiger charge is -2.28. The van der Waals surface area contributed by atoms with E-state index in [0.29, 0.717) is 30.9 Å². The van der Waals surface area contributed by atoms with E-state index in [1.165, 1.54) is 10.6 Å². The SMILES string of the molecule is CCCC(C)(C)NC(=O)c1nnn(-c2cccc3c2CCN(S(C)(=O)=O)C3)c1C. The normalized spacial score (nSPS) is 15.2. The van der Waals surface area contributed by atoms with Crippen LogP contribution in [0.2, 0.25) is 0 Å². The summed E-state index contributed by atoms with van der Waals surface area (Å²) in [6.45, 7) is 8.67. The van der Waals surface area contributed by atoms with E-state index in [2.05, 4.69) is 22.6 Å². The van der Waals surface area contributed by atoms with Gasteiger partial charge in [0.25, 0.3) is 5.91 Å². The fourth-order valence-corrected chi connectivity index (χ4v) is 4.66. The Morgan fingerprint density at radius 2 is 2.03 bits per heavy atom. The topological polar surface area (TPSA) is 97.2 Å². The summed E-state index contributed by atoms with van der Waals surface area (Å²) in [6.07, 6.45) is 3.66. The number of carbonyl (C=O) groups excluding carboxylic acids is 1. The zero-order chi connectivity index (χ0) is 21.4. The molecule has 0 atom stereocenters. The van der Waals surface area contributed by atoms with Gasteiger partial charge in [0.05, 0.1) is 17.6 Å². The van der Waals surface area contributed by atoms with Gasteiger partial charge in [-0.25, -0.2) is 13.1 Å². The second-order valence-electron chi connectivity index (χ2n) is 8.28. The molecular formula is C20H29N5O3S. The van der Waals surface area contributed by atoms with Crippen molar-refractivity contribution in [3.63, 3.8) is 0 Å². The standard InChI is InChI=1S/C20H29N5O3S/c1-6-11-20(3,4)21-19(26)18-14(2)25(23-22-18)17-9-7-8-15-13-24(29(5,27)28)12-10-16(15)17/h7-9H,6,10-13H2,1-5H3,(H,21,26). The van der Waals surface area contributed by atoms with Crippen LogP contribution in [-0.4, -0.2) is 52.0 Å². The quantitative estimate of drug-likeness (QED) is 0.774. The number of amides is 1. The van der Waals surface area contributed by atoms with Gasteiger partial charge < -0.3 is 5.32 Å². The Balaban J connectivity index is 1.92. The third kappa shape index (κ3) is 4.51. The zero-order valence-corrected chi connectivity index (χ0v) is 18.5. The number of nitrogens with one attached hydrogen (secondary N) is 1. The van der Waals surface area contributed by atoms with E-state index in [1.807, 2.05) is 39.0 Å². The molecule has 1 aliphatic rings. The van der Waals surface area contributed by atoms with Crippen LogP contribution in [0.15, 0.2) is 18.2 Å². The van der Waals surface area contributed by atoms with Gasteiger partial charge in [0, 0.05) is 18.6 Å². The molecule has 9 heteroatoms. The lowest BCUT2D eigenvalue weighted by atomic mass is 9.98.